The molecule has 19 heavy (non-hydrogen) atoms. The summed E-state index contributed by atoms with van der Waals surface area (Å²) in [5, 5.41) is 24.4. The lowest BCUT2D eigenvalue weighted by atomic mass is 9.79. The molecule has 0 atom stereocenters. The van der Waals surface area contributed by atoms with Crippen LogP contribution in [0.4, 0.5) is 11.4 Å². The van der Waals surface area contributed by atoms with Gasteiger partial charge < -0.3 is 10.4 Å². The van der Waals surface area contributed by atoms with E-state index in [0.29, 0.717) is 18.2 Å². The summed E-state index contributed by atoms with van der Waals surface area (Å²) < 4.78 is 0. The maximum absolute atomic E-state index is 10.9. The minimum Gasteiger partial charge on any atom is -0.388 e. The molecule has 0 saturated heterocycles. The Kier molecular flexibility index (Phi) is 4.04. The topological polar surface area (TPSA) is 75.4 Å². The largest absolute Gasteiger partial charge is 0.388 e. The zero-order chi connectivity index (χ0) is 13.9. The Hall–Kier alpha value is -1.62. The Morgan fingerprint density at radius 3 is 2.68 bits per heavy atom. The molecule has 1 fully saturated rings. The monoisotopic (exact) mass is 264 g/mol. The van der Waals surface area contributed by atoms with E-state index < -0.39 is 10.5 Å². The van der Waals surface area contributed by atoms with E-state index in [4.69, 9.17) is 0 Å². The fourth-order valence-corrected chi connectivity index (χ4v) is 2.52. The van der Waals surface area contributed by atoms with Crippen LogP contribution in [0.25, 0.3) is 0 Å². The van der Waals surface area contributed by atoms with Gasteiger partial charge in [-0.3, -0.25) is 10.1 Å². The predicted molar refractivity (Wildman–Crippen MR) is 74.2 cm³/mol. The van der Waals surface area contributed by atoms with Crippen molar-refractivity contribution in [1.29, 1.82) is 0 Å². The Balaban J connectivity index is 2.01. The first-order valence-electron chi connectivity index (χ1n) is 6.70. The van der Waals surface area contributed by atoms with Crippen LogP contribution in [-0.4, -0.2) is 22.2 Å². The van der Waals surface area contributed by atoms with Crippen LogP contribution in [0.1, 0.15) is 32.6 Å². The van der Waals surface area contributed by atoms with Gasteiger partial charge in [-0.15, -0.1) is 0 Å². The van der Waals surface area contributed by atoms with Gasteiger partial charge in [0.25, 0.3) is 5.69 Å². The summed E-state index contributed by atoms with van der Waals surface area (Å²) in [7, 11) is 0. The molecule has 5 heteroatoms. The normalized spacial score (nSPS) is 26.9. The van der Waals surface area contributed by atoms with Gasteiger partial charge in [0.2, 0.25) is 0 Å². The molecule has 1 saturated carbocycles. The van der Waals surface area contributed by atoms with E-state index in [-0.39, 0.29) is 5.69 Å². The molecule has 1 aliphatic rings. The molecule has 0 bridgehead atoms. The molecule has 1 aromatic rings. The zero-order valence-electron chi connectivity index (χ0n) is 11.1. The number of nitrogens with zero attached hydrogens (tertiary/aromatic N) is 1. The van der Waals surface area contributed by atoms with Crippen molar-refractivity contribution in [3.05, 3.63) is 34.4 Å². The summed E-state index contributed by atoms with van der Waals surface area (Å²) in [6.07, 6.45) is 3.52. The first-order chi connectivity index (χ1) is 9.00. The lowest BCUT2D eigenvalue weighted by Crippen LogP contribution is -2.40. The minimum absolute atomic E-state index is 0.0512. The summed E-state index contributed by atoms with van der Waals surface area (Å²) in [5.74, 6) is 0.659. The second-order valence-corrected chi connectivity index (χ2v) is 5.53. The van der Waals surface area contributed by atoms with Gasteiger partial charge in [-0.1, -0.05) is 19.1 Å². The average Bonchev–Trinajstić information content (AvgIpc) is 2.41. The molecule has 1 aliphatic carbocycles. The number of hydrogen-bond donors (Lipinski definition) is 2. The molecular weight excluding hydrogens is 244 g/mol. The lowest BCUT2D eigenvalue weighted by molar-refractivity contribution is -0.384. The van der Waals surface area contributed by atoms with Crippen molar-refractivity contribution in [2.75, 3.05) is 11.9 Å². The fourth-order valence-electron chi connectivity index (χ4n) is 2.52. The second-order valence-electron chi connectivity index (χ2n) is 5.53. The predicted octanol–water partition coefficient (Wildman–Crippen LogP) is 2.95. The molecular formula is C14H20N2O3. The van der Waals surface area contributed by atoms with E-state index in [1.54, 1.807) is 18.2 Å². The summed E-state index contributed by atoms with van der Waals surface area (Å²) in [6, 6.07) is 6.53. The number of aliphatic hydroxyl groups is 1. The third-order valence-corrected chi connectivity index (χ3v) is 3.91. The first kappa shape index (κ1) is 13.8. The number of anilines is 1. The van der Waals surface area contributed by atoms with Gasteiger partial charge in [0.05, 0.1) is 10.5 Å². The van der Waals surface area contributed by atoms with Crippen LogP contribution in [0.3, 0.4) is 0 Å². The molecule has 0 spiro atoms. The number of rotatable bonds is 4. The van der Waals surface area contributed by atoms with Crippen LogP contribution in [0.15, 0.2) is 24.3 Å². The molecule has 2 N–H and O–H groups in total. The van der Waals surface area contributed by atoms with Crippen LogP contribution < -0.4 is 5.32 Å². The number of para-hydroxylation sites is 2. The van der Waals surface area contributed by atoms with Crippen molar-refractivity contribution in [3.8, 4) is 0 Å². The van der Waals surface area contributed by atoms with E-state index >= 15 is 0 Å². The highest BCUT2D eigenvalue weighted by Crippen LogP contribution is 2.32. The Morgan fingerprint density at radius 2 is 2.05 bits per heavy atom. The van der Waals surface area contributed by atoms with Crippen molar-refractivity contribution in [2.45, 2.75) is 38.2 Å². The molecule has 0 unspecified atom stereocenters. The summed E-state index contributed by atoms with van der Waals surface area (Å²) in [4.78, 5) is 10.5. The third kappa shape index (κ3) is 3.44. The van der Waals surface area contributed by atoms with Gasteiger partial charge in [-0.2, -0.15) is 0 Å². The zero-order valence-corrected chi connectivity index (χ0v) is 11.1. The van der Waals surface area contributed by atoms with Gasteiger partial charge in [0, 0.05) is 12.6 Å². The van der Waals surface area contributed by atoms with Crippen molar-refractivity contribution in [2.24, 2.45) is 5.92 Å². The number of hydrogen-bond acceptors (Lipinski definition) is 4. The van der Waals surface area contributed by atoms with E-state index in [0.717, 1.165) is 25.7 Å². The van der Waals surface area contributed by atoms with Crippen molar-refractivity contribution in [3.63, 3.8) is 0 Å². The summed E-state index contributed by atoms with van der Waals surface area (Å²) >= 11 is 0. The fraction of sp³-hybridized carbons (Fsp3) is 0.571. The average molecular weight is 264 g/mol. The summed E-state index contributed by atoms with van der Waals surface area (Å²) in [5.41, 5.74) is -0.217. The van der Waals surface area contributed by atoms with Gasteiger partial charge >= 0.3 is 0 Å². The number of benzene rings is 1. The molecule has 0 heterocycles. The van der Waals surface area contributed by atoms with E-state index in [2.05, 4.69) is 12.2 Å². The smallest absolute Gasteiger partial charge is 0.292 e. The first-order valence-corrected chi connectivity index (χ1v) is 6.70. The maximum Gasteiger partial charge on any atom is 0.292 e. The van der Waals surface area contributed by atoms with E-state index in [9.17, 15) is 15.2 Å². The third-order valence-electron chi connectivity index (χ3n) is 3.91. The number of nitro groups is 1. The highest BCUT2D eigenvalue weighted by atomic mass is 16.6. The molecule has 1 aromatic carbocycles. The van der Waals surface area contributed by atoms with Crippen molar-refractivity contribution >= 4 is 11.4 Å². The van der Waals surface area contributed by atoms with Crippen LogP contribution in [0, 0.1) is 16.0 Å². The number of nitrogens with one attached hydrogen (secondary N) is 1. The SMILES string of the molecule is CC1CCC(O)(CNc2ccccc2[N+](=O)[O-])CC1. The quantitative estimate of drug-likeness (QED) is 0.647. The molecule has 0 aromatic heterocycles. The Bertz CT molecular complexity index is 454. The van der Waals surface area contributed by atoms with Crippen LogP contribution in [0.5, 0.6) is 0 Å². The molecule has 104 valence electrons. The Morgan fingerprint density at radius 1 is 1.42 bits per heavy atom. The highest BCUT2D eigenvalue weighted by molar-refractivity contribution is 5.61. The standard InChI is InChI=1S/C14H20N2O3/c1-11-6-8-14(17,9-7-11)10-15-12-4-2-3-5-13(12)16(18)19/h2-5,11,15,17H,6-10H2,1H3. The van der Waals surface area contributed by atoms with Crippen LogP contribution in [-0.2, 0) is 0 Å². The molecule has 2 rings (SSSR count). The van der Waals surface area contributed by atoms with E-state index in [1.165, 1.54) is 6.07 Å². The van der Waals surface area contributed by atoms with Crippen molar-refractivity contribution in [1.82, 2.24) is 0 Å². The number of nitro benzene ring substituents is 1. The van der Waals surface area contributed by atoms with Gasteiger partial charge in [0.1, 0.15) is 5.69 Å². The highest BCUT2D eigenvalue weighted by Gasteiger charge is 2.32. The molecule has 0 aliphatic heterocycles. The maximum atomic E-state index is 10.9. The molecule has 0 amide bonds. The summed E-state index contributed by atoms with van der Waals surface area (Å²) in [6.45, 7) is 2.56. The minimum atomic E-state index is -0.740. The molecule has 5 nitrogen and oxygen atoms in total. The van der Waals surface area contributed by atoms with Gasteiger partial charge in [-0.05, 0) is 37.7 Å². The van der Waals surface area contributed by atoms with Gasteiger partial charge in [0.15, 0.2) is 0 Å². The van der Waals surface area contributed by atoms with Gasteiger partial charge in [-0.25, -0.2) is 0 Å². The van der Waals surface area contributed by atoms with E-state index in [1.807, 2.05) is 0 Å². The van der Waals surface area contributed by atoms with Crippen LogP contribution >= 0.6 is 0 Å². The Labute approximate surface area is 112 Å². The van der Waals surface area contributed by atoms with Crippen LogP contribution in [0.2, 0.25) is 0 Å². The molecule has 0 radical (unpaired) electrons. The second kappa shape index (κ2) is 5.57. The lowest BCUT2D eigenvalue weighted by Gasteiger charge is -2.35. The van der Waals surface area contributed by atoms with Crippen molar-refractivity contribution < 1.29 is 10.0 Å².